The molecule has 4 rings (SSSR count). The second kappa shape index (κ2) is 10.9. The van der Waals surface area contributed by atoms with Gasteiger partial charge in [-0.1, -0.05) is 93.6 Å². The molecular weight excluding hydrogens is 444 g/mol. The number of allylic oxidation sites excluding steroid dienone is 1. The van der Waals surface area contributed by atoms with Crippen LogP contribution in [0.3, 0.4) is 0 Å². The fourth-order valence-corrected chi connectivity index (χ4v) is 4.72. The maximum Gasteiger partial charge on any atom is 0.338 e. The predicted molar refractivity (Wildman–Crippen MR) is 137 cm³/mol. The fraction of sp³-hybridized carbons (Fsp3) is 0.370. The minimum Gasteiger partial charge on any atom is -0.462 e. The van der Waals surface area contributed by atoms with E-state index in [0.29, 0.717) is 29.2 Å². The van der Waals surface area contributed by atoms with Gasteiger partial charge in [0, 0.05) is 11.4 Å². The van der Waals surface area contributed by atoms with Crippen LogP contribution in [0.4, 0.5) is 5.95 Å². The van der Waals surface area contributed by atoms with E-state index in [9.17, 15) is 4.79 Å². The molecule has 2 aromatic carbocycles. The van der Waals surface area contributed by atoms with E-state index < -0.39 is 6.04 Å². The molecule has 0 saturated carbocycles. The van der Waals surface area contributed by atoms with E-state index in [0.717, 1.165) is 29.9 Å². The van der Waals surface area contributed by atoms with Crippen molar-refractivity contribution in [1.29, 1.82) is 0 Å². The van der Waals surface area contributed by atoms with E-state index in [2.05, 4.69) is 62.5 Å². The van der Waals surface area contributed by atoms with Crippen LogP contribution in [0.15, 0.2) is 71.0 Å². The van der Waals surface area contributed by atoms with Gasteiger partial charge in [0.2, 0.25) is 11.1 Å². The monoisotopic (exact) mass is 476 g/mol. The highest BCUT2D eigenvalue weighted by molar-refractivity contribution is 7.98. The topological polar surface area (TPSA) is 69.0 Å². The molecule has 0 amide bonds. The summed E-state index contributed by atoms with van der Waals surface area (Å²) in [5, 5.41) is 8.76. The van der Waals surface area contributed by atoms with Crippen LogP contribution >= 0.6 is 11.8 Å². The molecule has 2 heterocycles. The number of fused-ring (bicyclic) bond motifs is 1. The minimum absolute atomic E-state index is 0.309. The van der Waals surface area contributed by atoms with Crippen molar-refractivity contribution in [1.82, 2.24) is 14.8 Å². The molecule has 6 nitrogen and oxygen atoms in total. The van der Waals surface area contributed by atoms with Gasteiger partial charge in [0.05, 0.1) is 12.2 Å². The van der Waals surface area contributed by atoms with Crippen molar-refractivity contribution in [2.75, 3.05) is 11.9 Å². The summed E-state index contributed by atoms with van der Waals surface area (Å²) < 4.78 is 7.45. The van der Waals surface area contributed by atoms with Gasteiger partial charge in [-0.15, -0.1) is 5.10 Å². The molecule has 0 bridgehead atoms. The summed E-state index contributed by atoms with van der Waals surface area (Å²) in [4.78, 5) is 17.9. The average molecular weight is 477 g/mol. The number of anilines is 1. The first-order valence-corrected chi connectivity index (χ1v) is 12.8. The van der Waals surface area contributed by atoms with Gasteiger partial charge in [-0.3, -0.25) is 0 Å². The summed E-state index contributed by atoms with van der Waals surface area (Å²) >= 11 is 1.58. The minimum atomic E-state index is -0.398. The summed E-state index contributed by atoms with van der Waals surface area (Å²) in [5.74, 6) is 1.53. The lowest BCUT2D eigenvalue weighted by atomic mass is 9.93. The van der Waals surface area contributed by atoms with Crippen LogP contribution in [0.1, 0.15) is 69.2 Å². The fourth-order valence-electron chi connectivity index (χ4n) is 3.94. The highest BCUT2D eigenvalue weighted by Gasteiger charge is 2.35. The van der Waals surface area contributed by atoms with Crippen molar-refractivity contribution in [3.63, 3.8) is 0 Å². The molecule has 7 heteroatoms. The van der Waals surface area contributed by atoms with E-state index in [1.54, 1.807) is 11.8 Å². The molecule has 1 aliphatic heterocycles. The largest absolute Gasteiger partial charge is 0.462 e. The van der Waals surface area contributed by atoms with Crippen LogP contribution in [0.2, 0.25) is 0 Å². The van der Waals surface area contributed by atoms with Gasteiger partial charge in [0.1, 0.15) is 6.04 Å². The molecule has 0 aliphatic carbocycles. The Morgan fingerprint density at radius 3 is 2.56 bits per heavy atom. The van der Waals surface area contributed by atoms with Gasteiger partial charge >= 0.3 is 5.97 Å². The van der Waals surface area contributed by atoms with Crippen molar-refractivity contribution < 1.29 is 9.53 Å². The first kappa shape index (κ1) is 24.1. The SMILES string of the molecule is CCCCOC(=O)C1=C(C)Nc2nc(SCc3ccccc3)nn2C1c1ccc(C(C)C)cc1. The molecule has 34 heavy (non-hydrogen) atoms. The van der Waals surface area contributed by atoms with E-state index >= 15 is 0 Å². The first-order chi connectivity index (χ1) is 16.5. The van der Waals surface area contributed by atoms with Gasteiger partial charge in [-0.05, 0) is 36.0 Å². The molecule has 1 aliphatic rings. The van der Waals surface area contributed by atoms with Crippen LogP contribution in [-0.4, -0.2) is 27.3 Å². The zero-order valence-electron chi connectivity index (χ0n) is 20.2. The number of carbonyl (C=O) groups is 1. The van der Waals surface area contributed by atoms with Crippen LogP contribution in [0.25, 0.3) is 0 Å². The lowest BCUT2D eigenvalue weighted by Crippen LogP contribution is -2.29. The number of unbranched alkanes of at least 4 members (excludes halogenated alkanes) is 1. The number of nitrogens with zero attached hydrogens (tertiary/aromatic N) is 3. The maximum absolute atomic E-state index is 13.2. The van der Waals surface area contributed by atoms with E-state index in [1.165, 1.54) is 11.1 Å². The number of aromatic nitrogens is 3. The van der Waals surface area contributed by atoms with Crippen LogP contribution in [0, 0.1) is 0 Å². The predicted octanol–water partition coefficient (Wildman–Crippen LogP) is 6.33. The van der Waals surface area contributed by atoms with Crippen LogP contribution in [0.5, 0.6) is 0 Å². The van der Waals surface area contributed by atoms with E-state index in [4.69, 9.17) is 14.8 Å². The third-order valence-electron chi connectivity index (χ3n) is 5.91. The second-order valence-electron chi connectivity index (χ2n) is 8.81. The Bertz CT molecular complexity index is 1150. The highest BCUT2D eigenvalue weighted by atomic mass is 32.2. The zero-order chi connectivity index (χ0) is 24.1. The Morgan fingerprint density at radius 1 is 1.15 bits per heavy atom. The Labute approximate surface area is 205 Å². The van der Waals surface area contributed by atoms with Crippen molar-refractivity contribution in [2.24, 2.45) is 0 Å². The number of benzene rings is 2. The van der Waals surface area contributed by atoms with Gasteiger partial charge in [-0.25, -0.2) is 9.48 Å². The summed E-state index contributed by atoms with van der Waals surface area (Å²) in [6.45, 7) is 8.74. The standard InChI is InChI=1S/C27H32N4O2S/c1-5-6-16-33-25(32)23-19(4)28-26-29-27(34-17-20-10-8-7-9-11-20)30-31(26)24(23)22-14-12-21(13-15-22)18(2)3/h7-15,18,24H,5-6,16-17H2,1-4H3,(H,28,29,30). The molecule has 178 valence electrons. The quantitative estimate of drug-likeness (QED) is 0.221. The number of ether oxygens (including phenoxy) is 1. The Kier molecular flexibility index (Phi) is 7.73. The number of thioether (sulfide) groups is 1. The summed E-state index contributed by atoms with van der Waals surface area (Å²) in [6.07, 6.45) is 1.81. The lowest BCUT2D eigenvalue weighted by Gasteiger charge is -2.28. The van der Waals surface area contributed by atoms with Gasteiger partial charge in [0.25, 0.3) is 0 Å². The molecular formula is C27H32N4O2S. The Morgan fingerprint density at radius 2 is 1.88 bits per heavy atom. The Balaban J connectivity index is 1.67. The molecule has 0 saturated heterocycles. The second-order valence-corrected chi connectivity index (χ2v) is 9.76. The van der Waals surface area contributed by atoms with Crippen molar-refractivity contribution in [3.8, 4) is 0 Å². The van der Waals surface area contributed by atoms with Gasteiger partial charge in [0.15, 0.2) is 0 Å². The van der Waals surface area contributed by atoms with Crippen molar-refractivity contribution in [3.05, 3.63) is 82.6 Å². The molecule has 1 atom stereocenters. The third kappa shape index (κ3) is 5.36. The number of esters is 1. The summed E-state index contributed by atoms with van der Waals surface area (Å²) in [5.41, 5.74) is 4.77. The molecule has 0 radical (unpaired) electrons. The number of rotatable bonds is 9. The first-order valence-electron chi connectivity index (χ1n) is 11.9. The number of hydrogen-bond acceptors (Lipinski definition) is 6. The third-order valence-corrected chi connectivity index (χ3v) is 6.82. The van der Waals surface area contributed by atoms with E-state index in [1.807, 2.05) is 29.8 Å². The average Bonchev–Trinajstić information content (AvgIpc) is 3.25. The number of carbonyl (C=O) groups excluding carboxylic acids is 1. The molecule has 0 spiro atoms. The van der Waals surface area contributed by atoms with Crippen LogP contribution < -0.4 is 5.32 Å². The van der Waals surface area contributed by atoms with Gasteiger partial charge in [-0.2, -0.15) is 4.98 Å². The number of nitrogens with one attached hydrogen (secondary N) is 1. The smallest absolute Gasteiger partial charge is 0.338 e. The Hall–Kier alpha value is -3.06. The maximum atomic E-state index is 13.2. The summed E-state index contributed by atoms with van der Waals surface area (Å²) in [6, 6.07) is 18.3. The molecule has 1 N–H and O–H groups in total. The van der Waals surface area contributed by atoms with Crippen molar-refractivity contribution >= 4 is 23.7 Å². The summed E-state index contributed by atoms with van der Waals surface area (Å²) in [7, 11) is 0. The molecule has 1 unspecified atom stereocenters. The lowest BCUT2D eigenvalue weighted by molar-refractivity contribution is -0.139. The van der Waals surface area contributed by atoms with Gasteiger partial charge < -0.3 is 10.1 Å². The molecule has 1 aromatic heterocycles. The van der Waals surface area contributed by atoms with E-state index in [-0.39, 0.29) is 5.97 Å². The van der Waals surface area contributed by atoms with Crippen LogP contribution in [-0.2, 0) is 15.3 Å². The normalized spacial score (nSPS) is 15.3. The van der Waals surface area contributed by atoms with Crippen molar-refractivity contribution in [2.45, 2.75) is 63.4 Å². The molecule has 0 fully saturated rings. The zero-order valence-corrected chi connectivity index (χ0v) is 21.1. The molecule has 3 aromatic rings. The highest BCUT2D eigenvalue weighted by Crippen LogP contribution is 2.37. The number of hydrogen-bond donors (Lipinski definition) is 1.